The lowest BCUT2D eigenvalue weighted by Gasteiger charge is -2.33. The fourth-order valence-electron chi connectivity index (χ4n) is 3.37. The monoisotopic (exact) mass is 336 g/mol. The van der Waals surface area contributed by atoms with Crippen molar-refractivity contribution in [3.8, 4) is 5.75 Å². The number of ether oxygens (including phenoxy) is 1. The van der Waals surface area contributed by atoms with E-state index in [-0.39, 0.29) is 5.41 Å². The van der Waals surface area contributed by atoms with Gasteiger partial charge in [-0.2, -0.15) is 0 Å². The lowest BCUT2D eigenvalue weighted by molar-refractivity contribution is -0.891. The third kappa shape index (κ3) is 7.23. The SMILES string of the molecule is CC[N+](C)(C)C[C@@H](O)COc1ccc(C(C)(C)CC(C)(C)C)cc1. The van der Waals surface area contributed by atoms with E-state index >= 15 is 0 Å². The van der Waals surface area contributed by atoms with Crippen LogP contribution < -0.4 is 4.74 Å². The highest BCUT2D eigenvalue weighted by Gasteiger charge is 2.27. The van der Waals surface area contributed by atoms with Gasteiger partial charge in [-0.25, -0.2) is 0 Å². The summed E-state index contributed by atoms with van der Waals surface area (Å²) < 4.78 is 6.56. The Bertz CT molecular complexity index is 498. The van der Waals surface area contributed by atoms with Gasteiger partial charge in [0.15, 0.2) is 0 Å². The predicted octanol–water partition coefficient (Wildman–Crippen LogP) is 4.24. The number of aliphatic hydroxyl groups excluding tert-OH is 1. The molecule has 0 aliphatic rings. The van der Waals surface area contributed by atoms with Crippen molar-refractivity contribution in [2.45, 2.75) is 59.5 Å². The molecule has 0 saturated heterocycles. The molecule has 0 amide bonds. The van der Waals surface area contributed by atoms with Crippen LogP contribution in [0, 0.1) is 5.41 Å². The first-order valence-electron chi connectivity index (χ1n) is 9.08. The third-order valence-electron chi connectivity index (χ3n) is 4.61. The number of hydrogen-bond acceptors (Lipinski definition) is 2. The third-order valence-corrected chi connectivity index (χ3v) is 4.61. The molecule has 1 aromatic carbocycles. The summed E-state index contributed by atoms with van der Waals surface area (Å²) in [7, 11) is 4.24. The Morgan fingerprint density at radius 2 is 1.58 bits per heavy atom. The van der Waals surface area contributed by atoms with Gasteiger partial charge in [0, 0.05) is 0 Å². The molecule has 1 aromatic rings. The molecule has 1 rings (SSSR count). The topological polar surface area (TPSA) is 29.5 Å². The number of hydrogen-bond donors (Lipinski definition) is 1. The molecule has 1 N–H and O–H groups in total. The summed E-state index contributed by atoms with van der Waals surface area (Å²) in [4.78, 5) is 0. The van der Waals surface area contributed by atoms with Crippen molar-refractivity contribution in [1.29, 1.82) is 0 Å². The van der Waals surface area contributed by atoms with Gasteiger partial charge in [0.2, 0.25) is 0 Å². The Morgan fingerprint density at radius 3 is 2.04 bits per heavy atom. The zero-order valence-electron chi connectivity index (χ0n) is 17.0. The maximum atomic E-state index is 10.1. The van der Waals surface area contributed by atoms with Crippen LogP contribution in [0.1, 0.15) is 53.5 Å². The Balaban J connectivity index is 2.62. The van der Waals surface area contributed by atoms with E-state index in [1.807, 2.05) is 12.1 Å². The van der Waals surface area contributed by atoms with Crippen molar-refractivity contribution in [3.63, 3.8) is 0 Å². The molecule has 3 heteroatoms. The second-order valence-electron chi connectivity index (χ2n) is 9.55. The molecule has 0 aromatic heterocycles. The van der Waals surface area contributed by atoms with E-state index in [0.717, 1.165) is 23.2 Å². The van der Waals surface area contributed by atoms with Gasteiger partial charge in [-0.1, -0.05) is 46.8 Å². The Morgan fingerprint density at radius 1 is 1.04 bits per heavy atom. The van der Waals surface area contributed by atoms with Gasteiger partial charge >= 0.3 is 0 Å². The quantitative estimate of drug-likeness (QED) is 0.720. The summed E-state index contributed by atoms with van der Waals surface area (Å²) in [6.45, 7) is 15.6. The Labute approximate surface area is 149 Å². The van der Waals surface area contributed by atoms with Crippen LogP contribution in [-0.2, 0) is 5.41 Å². The highest BCUT2D eigenvalue weighted by atomic mass is 16.5. The van der Waals surface area contributed by atoms with E-state index in [2.05, 4.69) is 67.8 Å². The minimum Gasteiger partial charge on any atom is -0.491 e. The summed E-state index contributed by atoms with van der Waals surface area (Å²) in [5, 5.41) is 10.1. The van der Waals surface area contributed by atoms with Gasteiger partial charge < -0.3 is 14.3 Å². The van der Waals surface area contributed by atoms with Crippen LogP contribution in [0.2, 0.25) is 0 Å². The maximum Gasteiger partial charge on any atom is 0.137 e. The van der Waals surface area contributed by atoms with Gasteiger partial charge in [0.05, 0.1) is 20.6 Å². The van der Waals surface area contributed by atoms with E-state index in [1.54, 1.807) is 0 Å². The highest BCUT2D eigenvalue weighted by Crippen LogP contribution is 2.36. The van der Waals surface area contributed by atoms with Crippen molar-refractivity contribution in [2.75, 3.05) is 33.8 Å². The maximum absolute atomic E-state index is 10.1. The van der Waals surface area contributed by atoms with Crippen LogP contribution in [0.25, 0.3) is 0 Å². The minimum atomic E-state index is -0.447. The van der Waals surface area contributed by atoms with Crippen molar-refractivity contribution in [3.05, 3.63) is 29.8 Å². The molecule has 0 aliphatic carbocycles. The summed E-state index contributed by atoms with van der Waals surface area (Å²) in [5.74, 6) is 0.825. The van der Waals surface area contributed by atoms with Gasteiger partial charge in [-0.3, -0.25) is 0 Å². The Hall–Kier alpha value is -1.06. The second-order valence-corrected chi connectivity index (χ2v) is 9.55. The van der Waals surface area contributed by atoms with Crippen molar-refractivity contribution < 1.29 is 14.3 Å². The average molecular weight is 337 g/mol. The largest absolute Gasteiger partial charge is 0.491 e. The van der Waals surface area contributed by atoms with Crippen LogP contribution >= 0.6 is 0 Å². The van der Waals surface area contributed by atoms with E-state index in [9.17, 15) is 5.11 Å². The second kappa shape index (κ2) is 7.88. The molecule has 0 aliphatic heterocycles. The molecule has 0 radical (unpaired) electrons. The van der Waals surface area contributed by atoms with Crippen LogP contribution in [0.4, 0.5) is 0 Å². The number of benzene rings is 1. The molecule has 0 spiro atoms. The number of likely N-dealkylation sites (N-methyl/N-ethyl adjacent to an activating group) is 1. The van der Waals surface area contributed by atoms with Gasteiger partial charge in [0.1, 0.15) is 25.0 Å². The summed E-state index contributed by atoms with van der Waals surface area (Å²) >= 11 is 0. The van der Waals surface area contributed by atoms with Crippen molar-refractivity contribution in [1.82, 2.24) is 0 Å². The standard InChI is InChI=1S/C21H38NO2/c1-9-22(7,8)14-18(23)15-24-19-12-10-17(11-13-19)21(5,6)16-20(2,3)4/h10-13,18,23H,9,14-16H2,1-8H3/q+1/t18-/m1/s1. The lowest BCUT2D eigenvalue weighted by atomic mass is 9.72. The van der Waals surface area contributed by atoms with Crippen LogP contribution in [-0.4, -0.2) is 49.5 Å². The fourth-order valence-corrected chi connectivity index (χ4v) is 3.37. The van der Waals surface area contributed by atoms with Gasteiger partial charge in [-0.15, -0.1) is 0 Å². The van der Waals surface area contributed by atoms with Crippen molar-refractivity contribution in [2.24, 2.45) is 5.41 Å². The fraction of sp³-hybridized carbons (Fsp3) is 0.714. The van der Waals surface area contributed by atoms with Gasteiger partial charge in [-0.05, 0) is 41.9 Å². The van der Waals surface area contributed by atoms with Crippen LogP contribution in [0.15, 0.2) is 24.3 Å². The molecule has 0 fully saturated rings. The van der Waals surface area contributed by atoms with E-state index in [1.165, 1.54) is 5.56 Å². The molecule has 24 heavy (non-hydrogen) atoms. The first-order chi connectivity index (χ1) is 10.8. The van der Waals surface area contributed by atoms with Gasteiger partial charge in [0.25, 0.3) is 0 Å². The minimum absolute atomic E-state index is 0.138. The number of nitrogens with zero attached hydrogens (tertiary/aromatic N) is 1. The van der Waals surface area contributed by atoms with Crippen LogP contribution in [0.3, 0.4) is 0 Å². The van der Waals surface area contributed by atoms with Crippen LogP contribution in [0.5, 0.6) is 5.75 Å². The number of rotatable bonds is 8. The number of quaternary nitrogens is 1. The van der Waals surface area contributed by atoms with E-state index in [4.69, 9.17) is 4.74 Å². The molecule has 0 saturated carbocycles. The van der Waals surface area contributed by atoms with Crippen molar-refractivity contribution >= 4 is 0 Å². The molecule has 0 heterocycles. The normalized spacial score (nSPS) is 14.5. The zero-order valence-corrected chi connectivity index (χ0v) is 17.0. The first kappa shape index (κ1) is 21.0. The molecular weight excluding hydrogens is 298 g/mol. The summed E-state index contributed by atoms with van der Waals surface area (Å²) in [5.41, 5.74) is 1.76. The molecule has 1 atom stereocenters. The molecule has 0 bridgehead atoms. The smallest absolute Gasteiger partial charge is 0.137 e. The Kier molecular flexibility index (Phi) is 6.89. The first-order valence-corrected chi connectivity index (χ1v) is 9.08. The molecule has 0 unspecified atom stereocenters. The summed E-state index contributed by atoms with van der Waals surface area (Å²) in [6, 6.07) is 8.34. The van der Waals surface area contributed by atoms with E-state index < -0.39 is 6.10 Å². The number of aliphatic hydroxyl groups is 1. The zero-order chi connectivity index (χ0) is 18.6. The average Bonchev–Trinajstić information content (AvgIpc) is 2.42. The molecule has 3 nitrogen and oxygen atoms in total. The molecular formula is C21H38NO2+. The molecule has 138 valence electrons. The lowest BCUT2D eigenvalue weighted by Crippen LogP contribution is -2.46. The summed E-state index contributed by atoms with van der Waals surface area (Å²) in [6.07, 6.45) is 0.681. The predicted molar refractivity (Wildman–Crippen MR) is 103 cm³/mol. The highest BCUT2D eigenvalue weighted by molar-refractivity contribution is 5.31. The van der Waals surface area contributed by atoms with E-state index in [0.29, 0.717) is 18.6 Å².